The fraction of sp³-hybridized carbons (Fsp3) is 0.222. The number of nitrogens with zero attached hydrogens (tertiary/aromatic N) is 2. The number of thioether (sulfide) groups is 1. The summed E-state index contributed by atoms with van der Waals surface area (Å²) in [5, 5.41) is 12.3. The van der Waals surface area contributed by atoms with Crippen LogP contribution in [0, 0.1) is 0 Å². The number of aliphatic hydroxyl groups is 1. The van der Waals surface area contributed by atoms with Gasteiger partial charge in [0.15, 0.2) is 0 Å². The minimum absolute atomic E-state index is 0.0130. The van der Waals surface area contributed by atoms with E-state index >= 15 is 0 Å². The number of benzene rings is 2. The first-order valence-electron chi connectivity index (χ1n) is 11.5. The number of aryl methyl sites for hydroxylation is 1. The number of esters is 1. The highest BCUT2D eigenvalue weighted by molar-refractivity contribution is 8.18. The van der Waals surface area contributed by atoms with Crippen molar-refractivity contribution in [2.45, 2.75) is 26.8 Å². The number of para-hydroxylation sites is 1. The molecule has 0 atom stereocenters. The van der Waals surface area contributed by atoms with E-state index in [1.54, 1.807) is 44.4 Å². The Labute approximate surface area is 213 Å². The summed E-state index contributed by atoms with van der Waals surface area (Å²) in [6, 6.07) is 13.0. The Hall–Kier alpha value is -3.98. The van der Waals surface area contributed by atoms with Gasteiger partial charge in [0.2, 0.25) is 5.91 Å². The predicted octanol–water partition coefficient (Wildman–Crippen LogP) is 4.89. The van der Waals surface area contributed by atoms with Crippen LogP contribution in [0.5, 0.6) is 5.75 Å². The summed E-state index contributed by atoms with van der Waals surface area (Å²) >= 11 is 1.18. The molecule has 0 radical (unpaired) electrons. The van der Waals surface area contributed by atoms with Crippen LogP contribution in [0.3, 0.4) is 0 Å². The normalized spacial score (nSPS) is 15.8. The fourth-order valence-electron chi connectivity index (χ4n) is 4.07. The van der Waals surface area contributed by atoms with Crippen LogP contribution < -0.4 is 10.5 Å². The lowest BCUT2D eigenvalue weighted by Gasteiger charge is -2.06. The molecule has 0 aliphatic carbocycles. The monoisotopic (exact) mass is 505 g/mol. The van der Waals surface area contributed by atoms with E-state index in [9.17, 15) is 14.7 Å². The minimum atomic E-state index is -0.650. The smallest absolute Gasteiger partial charge is 0.344 e. The molecule has 1 aromatic heterocycles. The lowest BCUT2D eigenvalue weighted by molar-refractivity contribution is -0.138. The van der Waals surface area contributed by atoms with Crippen LogP contribution in [0.1, 0.15) is 25.0 Å². The molecule has 2 heterocycles. The number of carbonyl (C=O) groups excluding carboxylic acids is 2. The summed E-state index contributed by atoms with van der Waals surface area (Å²) < 4.78 is 12.2. The quantitative estimate of drug-likeness (QED) is 0.421. The molecule has 186 valence electrons. The summed E-state index contributed by atoms with van der Waals surface area (Å²) in [6.45, 7) is 3.94. The molecule has 3 N–H and O–H groups in total. The fourth-order valence-corrected chi connectivity index (χ4v) is 5.09. The van der Waals surface area contributed by atoms with Crippen LogP contribution in [-0.2, 0) is 27.3 Å². The van der Waals surface area contributed by atoms with E-state index in [1.807, 2.05) is 35.9 Å². The molecule has 4 rings (SSSR count). The van der Waals surface area contributed by atoms with Gasteiger partial charge in [-0.2, -0.15) is 0 Å². The van der Waals surface area contributed by atoms with Gasteiger partial charge in [-0.05, 0) is 49.2 Å². The molecule has 1 aliphatic rings. The molecule has 1 amide bonds. The number of ether oxygens (including phenoxy) is 2. The van der Waals surface area contributed by atoms with Crippen LogP contribution in [0.4, 0.5) is 5.69 Å². The molecule has 36 heavy (non-hydrogen) atoms. The van der Waals surface area contributed by atoms with Gasteiger partial charge in [0.25, 0.3) is 0 Å². The average molecular weight is 506 g/mol. The largest absolute Gasteiger partial charge is 0.506 e. The van der Waals surface area contributed by atoms with Crippen molar-refractivity contribution in [1.82, 2.24) is 4.57 Å². The van der Waals surface area contributed by atoms with Gasteiger partial charge in [-0.15, -0.1) is 0 Å². The third kappa shape index (κ3) is 5.01. The maximum atomic E-state index is 12.7. The Morgan fingerprint density at radius 1 is 1.17 bits per heavy atom. The molecule has 1 aliphatic heterocycles. The predicted molar refractivity (Wildman–Crippen MR) is 142 cm³/mol. The van der Waals surface area contributed by atoms with E-state index in [1.165, 1.54) is 11.8 Å². The first-order valence-corrected chi connectivity index (χ1v) is 12.3. The summed E-state index contributed by atoms with van der Waals surface area (Å²) in [6.07, 6.45) is 4.40. The van der Waals surface area contributed by atoms with Gasteiger partial charge >= 0.3 is 5.97 Å². The number of carbonyl (C=O) groups is 2. The standard InChI is InChI=1S/C27H27N3O5S/c1-4-16-7-6-8-20-17(14-30(24(16)20)15-22(28)31)13-21-25(32)23(27(33)35-5-2)26(36-21)29-18-9-11-19(34-3)12-10-18/h6-14,32H,4-5,15H2,1-3H3,(H2,28,31)/b21-13-,29-26?. The Bertz CT molecular complexity index is 1420. The molecule has 0 saturated carbocycles. The topological polar surface area (TPSA) is 116 Å². The second kappa shape index (κ2) is 10.7. The summed E-state index contributed by atoms with van der Waals surface area (Å²) in [4.78, 5) is 29.5. The SMILES string of the molecule is CCOC(=O)C1=C(O)/C(=C/c2cn(CC(N)=O)c3c(CC)cccc23)SC1=Nc1ccc(OC)cc1. The van der Waals surface area contributed by atoms with Crippen molar-refractivity contribution >= 4 is 51.3 Å². The highest BCUT2D eigenvalue weighted by Crippen LogP contribution is 2.41. The summed E-state index contributed by atoms with van der Waals surface area (Å²) in [5.74, 6) is -0.620. The van der Waals surface area contributed by atoms with Crippen molar-refractivity contribution in [3.8, 4) is 5.75 Å². The van der Waals surface area contributed by atoms with Crippen molar-refractivity contribution in [2.75, 3.05) is 13.7 Å². The van der Waals surface area contributed by atoms with E-state index in [-0.39, 0.29) is 24.5 Å². The van der Waals surface area contributed by atoms with Crippen molar-refractivity contribution < 1.29 is 24.2 Å². The molecule has 3 aromatic rings. The molecule has 8 nitrogen and oxygen atoms in total. The minimum Gasteiger partial charge on any atom is -0.506 e. The first kappa shape index (κ1) is 25.1. The highest BCUT2D eigenvalue weighted by atomic mass is 32.2. The van der Waals surface area contributed by atoms with Crippen LogP contribution >= 0.6 is 11.8 Å². The number of aliphatic hydroxyl groups excluding tert-OH is 1. The van der Waals surface area contributed by atoms with Gasteiger partial charge in [0.05, 0.1) is 29.8 Å². The van der Waals surface area contributed by atoms with Crippen molar-refractivity contribution in [1.29, 1.82) is 0 Å². The number of methoxy groups -OCH3 is 1. The molecular weight excluding hydrogens is 478 g/mol. The van der Waals surface area contributed by atoms with Gasteiger partial charge in [0, 0.05) is 17.1 Å². The number of hydrogen-bond donors (Lipinski definition) is 2. The molecule has 0 spiro atoms. The van der Waals surface area contributed by atoms with Gasteiger partial charge in [-0.1, -0.05) is 36.9 Å². The first-order chi connectivity index (χ1) is 17.4. The van der Waals surface area contributed by atoms with Crippen LogP contribution in [0.15, 0.2) is 69.9 Å². The lowest BCUT2D eigenvalue weighted by atomic mass is 10.1. The molecule has 0 saturated heterocycles. The van der Waals surface area contributed by atoms with Crippen LogP contribution in [0.25, 0.3) is 17.0 Å². The third-order valence-corrected chi connectivity index (χ3v) is 6.70. The highest BCUT2D eigenvalue weighted by Gasteiger charge is 2.33. The van der Waals surface area contributed by atoms with Crippen LogP contribution in [0.2, 0.25) is 0 Å². The van der Waals surface area contributed by atoms with Crippen molar-refractivity contribution in [2.24, 2.45) is 10.7 Å². The molecule has 9 heteroatoms. The second-order valence-corrected chi connectivity index (χ2v) is 9.05. The maximum absolute atomic E-state index is 12.7. The van der Waals surface area contributed by atoms with Crippen molar-refractivity contribution in [3.05, 3.63) is 76.0 Å². The van der Waals surface area contributed by atoms with E-state index in [0.717, 1.165) is 28.5 Å². The molecular formula is C27H27N3O5S. The zero-order valence-corrected chi connectivity index (χ0v) is 21.1. The summed E-state index contributed by atoms with van der Waals surface area (Å²) in [7, 11) is 1.58. The van der Waals surface area contributed by atoms with E-state index < -0.39 is 11.9 Å². The number of aliphatic imine (C=N–C) groups is 1. The number of amides is 1. The number of aromatic nitrogens is 1. The zero-order chi connectivity index (χ0) is 25.8. The Balaban J connectivity index is 1.82. The number of hydrogen-bond acceptors (Lipinski definition) is 7. The second-order valence-electron chi connectivity index (χ2n) is 8.02. The Kier molecular flexibility index (Phi) is 7.49. The van der Waals surface area contributed by atoms with Gasteiger partial charge in [-0.3, -0.25) is 4.79 Å². The molecule has 0 fully saturated rings. The summed E-state index contributed by atoms with van der Waals surface area (Å²) in [5.41, 5.74) is 8.87. The number of primary amides is 1. The number of fused-ring (bicyclic) bond motifs is 1. The average Bonchev–Trinajstić information content (AvgIpc) is 3.36. The maximum Gasteiger partial charge on any atom is 0.344 e. The van der Waals surface area contributed by atoms with E-state index in [2.05, 4.69) is 4.99 Å². The van der Waals surface area contributed by atoms with Gasteiger partial charge in [0.1, 0.15) is 28.7 Å². The van der Waals surface area contributed by atoms with Crippen LogP contribution in [-0.4, -0.2) is 40.3 Å². The van der Waals surface area contributed by atoms with Gasteiger partial charge < -0.3 is 24.9 Å². The molecule has 0 bridgehead atoms. The van der Waals surface area contributed by atoms with E-state index in [4.69, 9.17) is 15.2 Å². The zero-order valence-electron chi connectivity index (χ0n) is 20.3. The molecule has 2 aromatic carbocycles. The van der Waals surface area contributed by atoms with Gasteiger partial charge in [-0.25, -0.2) is 9.79 Å². The lowest BCUT2D eigenvalue weighted by Crippen LogP contribution is -2.18. The van der Waals surface area contributed by atoms with Crippen molar-refractivity contribution in [3.63, 3.8) is 0 Å². The third-order valence-electron chi connectivity index (χ3n) is 5.68. The number of nitrogens with two attached hydrogens (primary N) is 1. The molecule has 0 unspecified atom stereocenters. The number of rotatable bonds is 8. The Morgan fingerprint density at radius 3 is 2.56 bits per heavy atom. The van der Waals surface area contributed by atoms with E-state index in [0.29, 0.717) is 21.4 Å². The Morgan fingerprint density at radius 2 is 1.92 bits per heavy atom.